The van der Waals surface area contributed by atoms with E-state index in [2.05, 4.69) is 2.59 Å². The zero-order valence-electron chi connectivity index (χ0n) is 5.67. The normalized spacial score (nSPS) is 9.00. The molecule has 0 atom stereocenters. The van der Waals surface area contributed by atoms with Gasteiger partial charge in [0.15, 0.2) is 0 Å². The van der Waals surface area contributed by atoms with Crippen molar-refractivity contribution in [3.8, 4) is 2.59 Å². The Hall–Kier alpha value is -0.0961. The van der Waals surface area contributed by atoms with Crippen LogP contribution in [0.5, 0.6) is 0 Å². The number of hydrogen-bond acceptors (Lipinski definition) is 1. The van der Waals surface area contributed by atoms with Gasteiger partial charge in [0.05, 0.1) is 0 Å². The summed E-state index contributed by atoms with van der Waals surface area (Å²) in [4.78, 5) is 0. The second kappa shape index (κ2) is 3.93. The van der Waals surface area contributed by atoms with Crippen LogP contribution in [0, 0.1) is 2.59 Å². The number of nitrogen functional groups attached to an aromatic ring is 1. The zero-order chi connectivity index (χ0) is 7.40. The molecule has 0 bridgehead atoms. The molecule has 0 saturated heterocycles. The van der Waals surface area contributed by atoms with E-state index in [1.54, 1.807) is 0 Å². The molecule has 0 heterocycles. The van der Waals surface area contributed by atoms with Crippen molar-refractivity contribution in [1.29, 1.82) is 0 Å². The van der Waals surface area contributed by atoms with Crippen molar-refractivity contribution < 1.29 is 30.2 Å². The van der Waals surface area contributed by atoms with E-state index in [-0.39, 0.29) is 0 Å². The van der Waals surface area contributed by atoms with Crippen LogP contribution in [-0.2, 0) is 36.7 Å². The van der Waals surface area contributed by atoms with Gasteiger partial charge < -0.3 is 0 Å². The predicted octanol–water partition coefficient (Wildman–Crippen LogP) is 1.32. The Balaban J connectivity index is 2.94. The molecule has 0 aromatic heterocycles. The maximum absolute atomic E-state index is 5.68. The van der Waals surface area contributed by atoms with E-state index in [9.17, 15) is 0 Å². The van der Waals surface area contributed by atoms with E-state index in [0.29, 0.717) is 0 Å². The summed E-state index contributed by atoms with van der Waals surface area (Å²) in [6.45, 7) is 0. The molecular weight excluding hydrogens is 199 g/mol. The molecule has 2 heteroatoms. The zero-order valence-corrected chi connectivity index (χ0v) is 8.51. The minimum absolute atomic E-state index is 0.879. The molecule has 1 rings (SSSR count). The Bertz CT molecular complexity index is 262. The molecule has 0 fully saturated rings. The van der Waals surface area contributed by atoms with Gasteiger partial charge in [0.25, 0.3) is 0 Å². The van der Waals surface area contributed by atoms with Crippen molar-refractivity contribution in [3.05, 3.63) is 29.8 Å². The standard InChI is InChI=1S/C8H8N.Y/c1-2-7-5-3-4-6-8(7)9;/h3-6H,2,9H2;. The van der Waals surface area contributed by atoms with E-state index < -0.39 is 0 Å². The van der Waals surface area contributed by atoms with E-state index in [4.69, 9.17) is 5.73 Å². The fraction of sp³-hybridized carbons (Fsp3) is 0.125. The summed E-state index contributed by atoms with van der Waals surface area (Å²) in [5, 5.41) is 0. The SMILES string of the molecule is Nc1ccccc1C[C]#[Y]. The van der Waals surface area contributed by atoms with Crippen molar-refractivity contribution in [1.82, 2.24) is 0 Å². The molecule has 0 aliphatic rings. The second-order valence-electron chi connectivity index (χ2n) is 2.08. The second-order valence-corrected chi connectivity index (χ2v) is 3.08. The molecule has 0 saturated carbocycles. The molecule has 2 N–H and O–H groups in total. The topological polar surface area (TPSA) is 26.0 Å². The van der Waals surface area contributed by atoms with Gasteiger partial charge in [0, 0.05) is 0 Å². The predicted molar refractivity (Wildman–Crippen MR) is 38.4 cm³/mol. The molecule has 1 nitrogen and oxygen atoms in total. The van der Waals surface area contributed by atoms with Gasteiger partial charge in [-0.15, -0.1) is 0 Å². The first kappa shape index (κ1) is 8.00. The maximum atomic E-state index is 5.68. The van der Waals surface area contributed by atoms with Gasteiger partial charge in [-0.1, -0.05) is 0 Å². The van der Waals surface area contributed by atoms with Crippen molar-refractivity contribution in [3.63, 3.8) is 0 Å². The number of benzene rings is 1. The third kappa shape index (κ3) is 1.95. The van der Waals surface area contributed by atoms with Crippen LogP contribution >= 0.6 is 0 Å². The van der Waals surface area contributed by atoms with Gasteiger partial charge in [-0.25, -0.2) is 0 Å². The number of hydrogen-bond donors (Lipinski definition) is 1. The van der Waals surface area contributed by atoms with Gasteiger partial charge in [-0.2, -0.15) is 0 Å². The van der Waals surface area contributed by atoms with Gasteiger partial charge >= 0.3 is 80.5 Å². The van der Waals surface area contributed by atoms with Crippen LogP contribution in [0.1, 0.15) is 5.56 Å². The Kier molecular flexibility index (Phi) is 3.14. The molecule has 0 unspecified atom stereocenters. The monoisotopic (exact) mass is 207 g/mol. The van der Waals surface area contributed by atoms with Crippen LogP contribution in [0.2, 0.25) is 0 Å². The average molecular weight is 207 g/mol. The van der Waals surface area contributed by atoms with Gasteiger partial charge in [0.2, 0.25) is 0 Å². The van der Waals surface area contributed by atoms with Crippen LogP contribution < -0.4 is 5.73 Å². The van der Waals surface area contributed by atoms with E-state index in [1.165, 1.54) is 5.56 Å². The Morgan fingerprint density at radius 1 is 1.40 bits per heavy atom. The van der Waals surface area contributed by atoms with Crippen molar-refractivity contribution in [2.75, 3.05) is 5.73 Å². The molecule has 48 valence electrons. The number of anilines is 1. The molecule has 10 heavy (non-hydrogen) atoms. The number of rotatable bonds is 1. The third-order valence-electron chi connectivity index (χ3n) is 1.35. The van der Waals surface area contributed by atoms with Crippen LogP contribution in [0.25, 0.3) is 0 Å². The fourth-order valence-electron chi connectivity index (χ4n) is 0.805. The summed E-state index contributed by atoms with van der Waals surface area (Å²) in [6.07, 6.45) is 0.898. The summed E-state index contributed by atoms with van der Waals surface area (Å²) in [6, 6.07) is 7.92. The van der Waals surface area contributed by atoms with Crippen LogP contribution in [-0.4, -0.2) is 0 Å². The van der Waals surface area contributed by atoms with Crippen molar-refractivity contribution >= 4 is 5.69 Å². The van der Waals surface area contributed by atoms with Crippen LogP contribution in [0.3, 0.4) is 0 Å². The Morgan fingerprint density at radius 2 is 2.10 bits per heavy atom. The first-order chi connectivity index (χ1) is 4.84. The summed E-state index contributed by atoms with van der Waals surface area (Å²) in [7, 11) is 0. The molecule has 0 amide bonds. The van der Waals surface area contributed by atoms with Crippen LogP contribution in [0.4, 0.5) is 5.69 Å². The van der Waals surface area contributed by atoms with Gasteiger partial charge in [-0.3, -0.25) is 0 Å². The molecule has 1 aromatic rings. The number of para-hydroxylation sites is 1. The average Bonchev–Trinajstić information content (AvgIpc) is 1.94. The van der Waals surface area contributed by atoms with Crippen LogP contribution in [0.15, 0.2) is 24.3 Å². The molecule has 0 radical (unpaired) electrons. The summed E-state index contributed by atoms with van der Waals surface area (Å²) >= 11 is 1.07. The Labute approximate surface area is 80.1 Å². The first-order valence-corrected chi connectivity index (χ1v) is 4.53. The molecule has 1 aromatic carbocycles. The van der Waals surface area contributed by atoms with E-state index in [0.717, 1.165) is 42.3 Å². The minimum atomic E-state index is 0.879. The quantitative estimate of drug-likeness (QED) is 0.690. The number of nitrogens with two attached hydrogens (primary N) is 1. The first-order valence-electron chi connectivity index (χ1n) is 3.11. The van der Waals surface area contributed by atoms with Gasteiger partial charge in [0.1, 0.15) is 0 Å². The van der Waals surface area contributed by atoms with Crippen molar-refractivity contribution in [2.24, 2.45) is 0 Å². The third-order valence-corrected chi connectivity index (χ3v) is 1.85. The summed E-state index contributed by atoms with van der Waals surface area (Å²) < 4.78 is 3.17. The van der Waals surface area contributed by atoms with Gasteiger partial charge in [-0.05, 0) is 0 Å². The molecule has 0 aliphatic carbocycles. The summed E-state index contributed by atoms with van der Waals surface area (Å²) in [5.74, 6) is 0. The van der Waals surface area contributed by atoms with Crippen molar-refractivity contribution in [2.45, 2.75) is 6.42 Å². The van der Waals surface area contributed by atoms with E-state index in [1.807, 2.05) is 24.3 Å². The molecular formula is C8H8NY. The molecule has 0 aliphatic heterocycles. The Morgan fingerprint density at radius 3 is 2.70 bits per heavy atom. The summed E-state index contributed by atoms with van der Waals surface area (Å²) in [5.41, 5.74) is 7.75. The van der Waals surface area contributed by atoms with E-state index >= 15 is 0 Å². The molecule has 0 spiro atoms. The fourth-order valence-corrected chi connectivity index (χ4v) is 1.35.